The number of nitrogens with zero attached hydrogens (tertiary/aromatic N) is 1. The largest absolute Gasteiger partial charge is 0.388 e. The van der Waals surface area contributed by atoms with Gasteiger partial charge in [-0.1, -0.05) is 0 Å². The Bertz CT molecular complexity index is 555. The van der Waals surface area contributed by atoms with Gasteiger partial charge in [0.25, 0.3) is 0 Å². The molecule has 3 heteroatoms. The molecule has 2 aromatic heterocycles. The van der Waals surface area contributed by atoms with Gasteiger partial charge < -0.3 is 9.67 Å². The van der Waals surface area contributed by atoms with Crippen LogP contribution in [0.2, 0.25) is 0 Å². The Balaban J connectivity index is 1.97. The fourth-order valence-electron chi connectivity index (χ4n) is 2.87. The molecular weight excluding hydrogens is 242 g/mol. The van der Waals surface area contributed by atoms with Gasteiger partial charge in [0.2, 0.25) is 0 Å². The number of hydrogen-bond donors (Lipinski definition) is 1. The Morgan fingerprint density at radius 1 is 1.39 bits per heavy atom. The maximum Gasteiger partial charge on any atom is 0.0807 e. The highest BCUT2D eigenvalue weighted by Crippen LogP contribution is 2.34. The zero-order valence-electron chi connectivity index (χ0n) is 10.9. The van der Waals surface area contributed by atoms with Crippen molar-refractivity contribution in [3.05, 3.63) is 45.4 Å². The van der Waals surface area contributed by atoms with Gasteiger partial charge in [-0.25, -0.2) is 0 Å². The number of aromatic nitrogens is 1. The zero-order valence-corrected chi connectivity index (χ0v) is 11.7. The molecule has 3 rings (SSSR count). The van der Waals surface area contributed by atoms with Crippen molar-refractivity contribution in [2.75, 3.05) is 0 Å². The van der Waals surface area contributed by atoms with Crippen molar-refractivity contribution in [2.45, 2.75) is 45.3 Å². The Kier molecular flexibility index (Phi) is 3.04. The summed E-state index contributed by atoms with van der Waals surface area (Å²) in [5.41, 5.74) is 2.47. The van der Waals surface area contributed by atoms with Crippen LogP contribution in [0.3, 0.4) is 0 Å². The molecule has 0 saturated heterocycles. The summed E-state index contributed by atoms with van der Waals surface area (Å²) >= 11 is 1.86. The second kappa shape index (κ2) is 4.56. The van der Waals surface area contributed by atoms with Gasteiger partial charge in [-0.3, -0.25) is 0 Å². The Labute approximate surface area is 112 Å². The highest BCUT2D eigenvalue weighted by Gasteiger charge is 2.23. The molecule has 1 aliphatic carbocycles. The molecule has 0 saturated carbocycles. The number of aliphatic hydroxyl groups excluding tert-OH is 1. The van der Waals surface area contributed by atoms with Crippen LogP contribution in [0.1, 0.15) is 52.9 Å². The molecule has 1 N–H and O–H groups in total. The van der Waals surface area contributed by atoms with E-state index in [9.17, 15) is 5.11 Å². The summed E-state index contributed by atoms with van der Waals surface area (Å²) in [4.78, 5) is 2.75. The summed E-state index contributed by atoms with van der Waals surface area (Å²) in [6.07, 6.45) is 4.97. The molecule has 2 heterocycles. The van der Waals surface area contributed by atoms with Gasteiger partial charge in [0.15, 0.2) is 0 Å². The minimum absolute atomic E-state index is 0.257. The zero-order chi connectivity index (χ0) is 12.7. The van der Waals surface area contributed by atoms with Gasteiger partial charge in [0.05, 0.1) is 12.1 Å². The van der Waals surface area contributed by atoms with E-state index in [0.717, 1.165) is 24.8 Å². The monoisotopic (exact) mass is 261 g/mol. The highest BCUT2D eigenvalue weighted by atomic mass is 32.1. The standard InChI is InChI=1S/C15H19NOS/c1-10-6-7-15(18-10)11(2)16-9-8-12-13(16)4-3-5-14(12)17/h6-9,11,14,17H,3-5H2,1-2H3. The van der Waals surface area contributed by atoms with Crippen molar-refractivity contribution in [2.24, 2.45) is 0 Å². The molecule has 0 aromatic carbocycles. The van der Waals surface area contributed by atoms with Crippen molar-refractivity contribution < 1.29 is 5.11 Å². The van der Waals surface area contributed by atoms with Crippen LogP contribution in [-0.2, 0) is 6.42 Å². The molecule has 0 fully saturated rings. The third-order valence-electron chi connectivity index (χ3n) is 3.90. The van der Waals surface area contributed by atoms with Gasteiger partial charge in [0, 0.05) is 27.2 Å². The molecule has 0 aliphatic heterocycles. The molecule has 0 radical (unpaired) electrons. The number of fused-ring (bicyclic) bond motifs is 1. The second-order valence-electron chi connectivity index (χ2n) is 5.16. The number of thiophene rings is 1. The Morgan fingerprint density at radius 3 is 2.94 bits per heavy atom. The molecule has 2 aromatic rings. The van der Waals surface area contributed by atoms with Crippen LogP contribution in [0.4, 0.5) is 0 Å². The van der Waals surface area contributed by atoms with Gasteiger partial charge in [-0.15, -0.1) is 11.3 Å². The summed E-state index contributed by atoms with van der Waals surface area (Å²) in [5.74, 6) is 0. The predicted molar refractivity (Wildman–Crippen MR) is 75.2 cm³/mol. The molecule has 1 aliphatic rings. The highest BCUT2D eigenvalue weighted by molar-refractivity contribution is 7.12. The van der Waals surface area contributed by atoms with E-state index in [1.807, 2.05) is 11.3 Å². The quantitative estimate of drug-likeness (QED) is 0.873. The maximum absolute atomic E-state index is 10.0. The normalized spacial score (nSPS) is 20.7. The van der Waals surface area contributed by atoms with Crippen LogP contribution >= 0.6 is 11.3 Å². The first kappa shape index (κ1) is 12.0. The summed E-state index contributed by atoms with van der Waals surface area (Å²) in [6.45, 7) is 4.39. The van der Waals surface area contributed by atoms with Crippen LogP contribution in [0, 0.1) is 6.92 Å². The van der Waals surface area contributed by atoms with Crippen molar-refractivity contribution in [1.29, 1.82) is 0 Å². The number of aryl methyl sites for hydroxylation is 1. The van der Waals surface area contributed by atoms with E-state index in [-0.39, 0.29) is 6.10 Å². The van der Waals surface area contributed by atoms with Gasteiger partial charge in [-0.2, -0.15) is 0 Å². The summed E-state index contributed by atoms with van der Waals surface area (Å²) in [7, 11) is 0. The molecule has 18 heavy (non-hydrogen) atoms. The third kappa shape index (κ3) is 1.91. The second-order valence-corrected chi connectivity index (χ2v) is 6.48. The Morgan fingerprint density at radius 2 is 2.22 bits per heavy atom. The molecular formula is C15H19NOS. The molecule has 2 unspecified atom stereocenters. The number of rotatable bonds is 2. The fourth-order valence-corrected chi connectivity index (χ4v) is 3.80. The van der Waals surface area contributed by atoms with E-state index in [1.165, 1.54) is 15.4 Å². The minimum atomic E-state index is -0.257. The number of hydrogen-bond acceptors (Lipinski definition) is 2. The van der Waals surface area contributed by atoms with Crippen molar-refractivity contribution >= 4 is 11.3 Å². The summed E-state index contributed by atoms with van der Waals surface area (Å²) in [6, 6.07) is 6.87. The third-order valence-corrected chi connectivity index (χ3v) is 5.07. The molecule has 0 spiro atoms. The maximum atomic E-state index is 10.0. The average Bonchev–Trinajstić information content (AvgIpc) is 2.95. The minimum Gasteiger partial charge on any atom is -0.388 e. The lowest BCUT2D eigenvalue weighted by atomic mass is 9.95. The van der Waals surface area contributed by atoms with Crippen molar-refractivity contribution in [3.63, 3.8) is 0 Å². The molecule has 0 amide bonds. The lowest BCUT2D eigenvalue weighted by Crippen LogP contribution is -2.14. The summed E-state index contributed by atoms with van der Waals surface area (Å²) in [5, 5.41) is 10.0. The smallest absolute Gasteiger partial charge is 0.0807 e. The molecule has 2 nitrogen and oxygen atoms in total. The average molecular weight is 261 g/mol. The van der Waals surface area contributed by atoms with E-state index in [4.69, 9.17) is 0 Å². The number of aliphatic hydroxyl groups is 1. The van der Waals surface area contributed by atoms with Gasteiger partial charge in [0.1, 0.15) is 0 Å². The van der Waals surface area contributed by atoms with E-state index >= 15 is 0 Å². The van der Waals surface area contributed by atoms with E-state index in [2.05, 4.69) is 42.8 Å². The lowest BCUT2D eigenvalue weighted by molar-refractivity contribution is 0.155. The van der Waals surface area contributed by atoms with E-state index in [1.54, 1.807) is 0 Å². The first-order valence-electron chi connectivity index (χ1n) is 6.61. The Hall–Kier alpha value is -1.06. The SMILES string of the molecule is Cc1ccc(C(C)n2ccc3c2CCCC3O)s1. The molecule has 2 atom stereocenters. The topological polar surface area (TPSA) is 25.2 Å². The van der Waals surface area contributed by atoms with Crippen LogP contribution in [0.15, 0.2) is 24.4 Å². The van der Waals surface area contributed by atoms with Crippen LogP contribution in [0.25, 0.3) is 0 Å². The summed E-state index contributed by atoms with van der Waals surface area (Å²) < 4.78 is 2.34. The molecule has 0 bridgehead atoms. The fraction of sp³-hybridized carbons (Fsp3) is 0.467. The lowest BCUT2D eigenvalue weighted by Gasteiger charge is -2.23. The van der Waals surface area contributed by atoms with Crippen molar-refractivity contribution in [1.82, 2.24) is 4.57 Å². The van der Waals surface area contributed by atoms with Gasteiger partial charge >= 0.3 is 0 Å². The van der Waals surface area contributed by atoms with Crippen LogP contribution in [-0.4, -0.2) is 9.67 Å². The van der Waals surface area contributed by atoms with Crippen molar-refractivity contribution in [3.8, 4) is 0 Å². The van der Waals surface area contributed by atoms with E-state index in [0.29, 0.717) is 6.04 Å². The first-order valence-corrected chi connectivity index (χ1v) is 7.42. The molecule has 96 valence electrons. The predicted octanol–water partition coefficient (Wildman–Crippen LogP) is 3.84. The van der Waals surface area contributed by atoms with E-state index < -0.39 is 0 Å². The van der Waals surface area contributed by atoms with Crippen LogP contribution < -0.4 is 0 Å². The van der Waals surface area contributed by atoms with Gasteiger partial charge in [-0.05, 0) is 51.3 Å². The van der Waals surface area contributed by atoms with Crippen LogP contribution in [0.5, 0.6) is 0 Å². The first-order chi connectivity index (χ1) is 8.66.